The average molecular weight is 442 g/mol. The Morgan fingerprint density at radius 3 is 2.59 bits per heavy atom. The topological polar surface area (TPSA) is 82.7 Å². The van der Waals surface area contributed by atoms with Crippen LogP contribution in [0.4, 0.5) is 4.39 Å². The number of benzene rings is 1. The molecule has 0 spiro atoms. The van der Waals surface area contributed by atoms with E-state index in [9.17, 15) is 19.4 Å². The van der Waals surface area contributed by atoms with Crippen molar-refractivity contribution in [2.24, 2.45) is 0 Å². The van der Waals surface area contributed by atoms with Crippen LogP contribution in [-0.2, 0) is 11.2 Å². The zero-order valence-corrected chi connectivity index (χ0v) is 18.6. The summed E-state index contributed by atoms with van der Waals surface area (Å²) in [6.45, 7) is 7.64. The molecule has 32 heavy (non-hydrogen) atoms. The molecule has 0 bridgehead atoms. The fraction of sp³-hybridized carbons (Fsp3) is 0.346. The third-order valence-corrected chi connectivity index (χ3v) is 5.07. The van der Waals surface area contributed by atoms with Gasteiger partial charge in [-0.2, -0.15) is 0 Å². The van der Waals surface area contributed by atoms with Crippen molar-refractivity contribution in [1.29, 1.82) is 0 Å². The van der Waals surface area contributed by atoms with Crippen molar-refractivity contribution >= 4 is 22.9 Å². The number of rotatable bonds is 12. The van der Waals surface area contributed by atoms with Crippen LogP contribution in [-0.4, -0.2) is 38.1 Å². The normalized spacial score (nSPS) is 14.6. The summed E-state index contributed by atoms with van der Waals surface area (Å²) in [6, 6.07) is 8.18. The Morgan fingerprint density at radius 1 is 1.22 bits per heavy atom. The number of aliphatic hydroxyl groups excluding tert-OH is 2. The van der Waals surface area contributed by atoms with Crippen LogP contribution in [0.15, 0.2) is 67.1 Å². The van der Waals surface area contributed by atoms with Crippen LogP contribution in [0.3, 0.4) is 0 Å². The van der Waals surface area contributed by atoms with E-state index in [4.69, 9.17) is 5.11 Å². The SMILES string of the molecule is C=C/C=C(/F)C/C=C\Cc1c(/C=C/[C@@H](O)C[C@@H](O)CC(=O)O)n(C(C)C)c2ccccc12. The number of halogens is 1. The van der Waals surface area contributed by atoms with Crippen LogP contribution in [0.25, 0.3) is 17.0 Å². The highest BCUT2D eigenvalue weighted by molar-refractivity contribution is 5.88. The van der Waals surface area contributed by atoms with Crippen LogP contribution in [0.1, 0.15) is 50.4 Å². The van der Waals surface area contributed by atoms with E-state index in [1.54, 1.807) is 12.2 Å². The molecule has 2 rings (SSSR count). The van der Waals surface area contributed by atoms with Crippen LogP contribution < -0.4 is 0 Å². The molecule has 0 fully saturated rings. The maximum Gasteiger partial charge on any atom is 0.305 e. The second-order valence-electron chi connectivity index (χ2n) is 7.99. The molecule has 0 aliphatic rings. The third-order valence-electron chi connectivity index (χ3n) is 5.07. The predicted octanol–water partition coefficient (Wildman–Crippen LogP) is 5.35. The average Bonchev–Trinajstić information content (AvgIpc) is 3.02. The lowest BCUT2D eigenvalue weighted by atomic mass is 10.0. The summed E-state index contributed by atoms with van der Waals surface area (Å²) in [4.78, 5) is 10.7. The van der Waals surface area contributed by atoms with Crippen molar-refractivity contribution in [3.63, 3.8) is 0 Å². The lowest BCUT2D eigenvalue weighted by Crippen LogP contribution is -2.19. The minimum absolute atomic E-state index is 0.0607. The van der Waals surface area contributed by atoms with Crippen molar-refractivity contribution in [2.45, 2.75) is 57.8 Å². The summed E-state index contributed by atoms with van der Waals surface area (Å²) in [6.07, 6.45) is 8.06. The molecule has 2 atom stereocenters. The number of hydrogen-bond acceptors (Lipinski definition) is 3. The maximum absolute atomic E-state index is 13.6. The molecular formula is C26H32FNO4. The molecule has 0 saturated heterocycles. The first-order valence-electron chi connectivity index (χ1n) is 10.7. The van der Waals surface area contributed by atoms with E-state index in [2.05, 4.69) is 25.0 Å². The van der Waals surface area contributed by atoms with E-state index in [1.807, 2.05) is 36.4 Å². The van der Waals surface area contributed by atoms with Crippen molar-refractivity contribution in [3.05, 3.63) is 78.3 Å². The van der Waals surface area contributed by atoms with Crippen molar-refractivity contribution in [3.8, 4) is 0 Å². The fourth-order valence-electron chi connectivity index (χ4n) is 3.74. The lowest BCUT2D eigenvalue weighted by Gasteiger charge is -2.14. The number of allylic oxidation sites excluding steroid dienone is 5. The summed E-state index contributed by atoms with van der Waals surface area (Å²) in [5.41, 5.74) is 3.02. The van der Waals surface area contributed by atoms with Gasteiger partial charge in [0.05, 0.1) is 18.6 Å². The molecule has 1 aromatic carbocycles. The molecule has 2 aromatic rings. The molecule has 1 heterocycles. The summed E-state index contributed by atoms with van der Waals surface area (Å²) in [5.74, 6) is -1.37. The van der Waals surface area contributed by atoms with E-state index in [1.165, 1.54) is 12.2 Å². The number of carboxylic acid groups (broad SMARTS) is 1. The first-order valence-corrected chi connectivity index (χ1v) is 10.7. The van der Waals surface area contributed by atoms with Crippen LogP contribution in [0, 0.1) is 0 Å². The Labute approximate surface area is 188 Å². The summed E-state index contributed by atoms with van der Waals surface area (Å²) in [7, 11) is 0. The number of aliphatic carboxylic acids is 1. The van der Waals surface area contributed by atoms with E-state index in [0.717, 1.165) is 22.2 Å². The van der Waals surface area contributed by atoms with E-state index < -0.39 is 24.6 Å². The van der Waals surface area contributed by atoms with Crippen LogP contribution >= 0.6 is 0 Å². The lowest BCUT2D eigenvalue weighted by molar-refractivity contribution is -0.139. The second kappa shape index (κ2) is 12.2. The van der Waals surface area contributed by atoms with Gasteiger partial charge in [-0.25, -0.2) is 4.39 Å². The number of para-hydroxylation sites is 1. The molecule has 0 aliphatic heterocycles. The summed E-state index contributed by atoms with van der Waals surface area (Å²) in [5, 5.41) is 30.0. The van der Waals surface area contributed by atoms with Gasteiger partial charge in [0.25, 0.3) is 0 Å². The quantitative estimate of drug-likeness (QED) is 0.306. The molecule has 3 N–H and O–H groups in total. The zero-order valence-electron chi connectivity index (χ0n) is 18.6. The number of aromatic nitrogens is 1. The monoisotopic (exact) mass is 441 g/mol. The number of carboxylic acids is 1. The van der Waals surface area contributed by atoms with E-state index in [-0.39, 0.29) is 24.7 Å². The van der Waals surface area contributed by atoms with Gasteiger partial charge in [-0.1, -0.05) is 49.1 Å². The van der Waals surface area contributed by atoms with E-state index in [0.29, 0.717) is 6.42 Å². The van der Waals surface area contributed by atoms with Gasteiger partial charge in [0.1, 0.15) is 5.83 Å². The molecule has 0 amide bonds. The smallest absolute Gasteiger partial charge is 0.305 e. The minimum Gasteiger partial charge on any atom is -0.481 e. The fourth-order valence-corrected chi connectivity index (χ4v) is 3.74. The predicted molar refractivity (Wildman–Crippen MR) is 127 cm³/mol. The van der Waals surface area contributed by atoms with Crippen LogP contribution in [0.2, 0.25) is 0 Å². The summed E-state index contributed by atoms with van der Waals surface area (Å²) < 4.78 is 15.8. The molecule has 0 saturated carbocycles. The molecule has 0 unspecified atom stereocenters. The van der Waals surface area contributed by atoms with Gasteiger partial charge in [-0.15, -0.1) is 0 Å². The van der Waals surface area contributed by atoms with Crippen molar-refractivity contribution in [1.82, 2.24) is 4.57 Å². The first kappa shape index (κ1) is 25.3. The molecule has 0 aliphatic carbocycles. The minimum atomic E-state index is -1.12. The van der Waals surface area contributed by atoms with Crippen molar-refractivity contribution < 1.29 is 24.5 Å². The highest BCUT2D eigenvalue weighted by Gasteiger charge is 2.17. The number of nitrogens with zero attached hydrogens (tertiary/aromatic N) is 1. The number of fused-ring (bicyclic) bond motifs is 1. The standard InChI is InChI=1S/C26H32FNO4/c1-4-9-19(27)10-5-6-11-23-22-12-7-8-13-24(22)28(18(2)3)25(23)15-14-20(29)16-21(30)17-26(31)32/h4-9,12-15,18,20-21,29-30H,1,10-11,16-17H2,2-3H3,(H,31,32)/b6-5-,15-14+,19-9+/t20-,21-/m1/s1. The van der Waals surface area contributed by atoms with Gasteiger partial charge >= 0.3 is 5.97 Å². The van der Waals surface area contributed by atoms with Gasteiger partial charge in [0.15, 0.2) is 0 Å². The maximum atomic E-state index is 13.6. The van der Waals surface area contributed by atoms with Gasteiger partial charge in [0.2, 0.25) is 0 Å². The second-order valence-corrected chi connectivity index (χ2v) is 7.99. The van der Waals surface area contributed by atoms with Gasteiger partial charge < -0.3 is 19.9 Å². The largest absolute Gasteiger partial charge is 0.481 e. The van der Waals surface area contributed by atoms with Gasteiger partial charge in [-0.3, -0.25) is 4.79 Å². The Morgan fingerprint density at radius 2 is 1.94 bits per heavy atom. The Bertz CT molecular complexity index is 1020. The molecule has 6 heteroatoms. The third kappa shape index (κ3) is 7.04. The molecular weight excluding hydrogens is 409 g/mol. The summed E-state index contributed by atoms with van der Waals surface area (Å²) >= 11 is 0. The molecule has 172 valence electrons. The molecule has 5 nitrogen and oxygen atoms in total. The Balaban J connectivity index is 2.37. The first-order chi connectivity index (χ1) is 15.2. The number of hydrogen-bond donors (Lipinski definition) is 3. The van der Waals surface area contributed by atoms with Gasteiger partial charge in [-0.05, 0) is 44.1 Å². The highest BCUT2D eigenvalue weighted by atomic mass is 19.1. The Hall–Kier alpha value is -2.96. The Kier molecular flexibility index (Phi) is 9.62. The molecule has 0 radical (unpaired) electrons. The number of aliphatic hydroxyl groups is 2. The van der Waals surface area contributed by atoms with Crippen LogP contribution in [0.5, 0.6) is 0 Å². The number of carbonyl (C=O) groups is 1. The van der Waals surface area contributed by atoms with Crippen molar-refractivity contribution in [2.75, 3.05) is 0 Å². The van der Waals surface area contributed by atoms with Gasteiger partial charge in [0, 0.05) is 35.5 Å². The zero-order chi connectivity index (χ0) is 23.7. The highest BCUT2D eigenvalue weighted by Crippen LogP contribution is 2.31. The molecule has 1 aromatic heterocycles. The van der Waals surface area contributed by atoms with E-state index >= 15 is 0 Å².